The van der Waals surface area contributed by atoms with Gasteiger partial charge in [-0.3, -0.25) is 4.79 Å². The van der Waals surface area contributed by atoms with Crippen molar-refractivity contribution in [2.45, 2.75) is 38.9 Å². The molecule has 2 aromatic heterocycles. The fourth-order valence-corrected chi connectivity index (χ4v) is 3.61. The number of carbonyl (C=O) groups excluding carboxylic acids is 1. The molecule has 0 spiro atoms. The van der Waals surface area contributed by atoms with Gasteiger partial charge in [-0.1, -0.05) is 68.4 Å². The van der Waals surface area contributed by atoms with Crippen LogP contribution in [0, 0.1) is 0 Å². The highest BCUT2D eigenvalue weighted by molar-refractivity contribution is 6.00. The van der Waals surface area contributed by atoms with Gasteiger partial charge >= 0.3 is 6.18 Å². The fourth-order valence-electron chi connectivity index (χ4n) is 3.61. The van der Waals surface area contributed by atoms with Crippen molar-refractivity contribution in [3.05, 3.63) is 89.2 Å². The van der Waals surface area contributed by atoms with Gasteiger partial charge in [-0.05, 0) is 30.0 Å². The second-order valence-electron chi connectivity index (χ2n) is 8.20. The summed E-state index contributed by atoms with van der Waals surface area (Å²) < 4.78 is 42.2. The summed E-state index contributed by atoms with van der Waals surface area (Å²) in [7, 11) is 0. The van der Waals surface area contributed by atoms with Crippen LogP contribution < -0.4 is 5.32 Å². The summed E-state index contributed by atoms with van der Waals surface area (Å²) in [6.45, 7) is 5.87. The van der Waals surface area contributed by atoms with E-state index in [9.17, 15) is 18.0 Å². The SMILES string of the molecule is CC(C)c1ccc(-c2cc(C(F)(F)F)n3ncc(C(=O)NC(C)c4ccccc4)c3n2)cc1. The van der Waals surface area contributed by atoms with Crippen LogP contribution in [-0.2, 0) is 6.18 Å². The van der Waals surface area contributed by atoms with E-state index in [1.54, 1.807) is 19.1 Å². The van der Waals surface area contributed by atoms with E-state index in [1.807, 2.05) is 56.3 Å². The van der Waals surface area contributed by atoms with E-state index in [4.69, 9.17) is 0 Å². The lowest BCUT2D eigenvalue weighted by molar-refractivity contribution is -0.142. The molecule has 0 bridgehead atoms. The third-order valence-electron chi connectivity index (χ3n) is 5.53. The first-order valence-electron chi connectivity index (χ1n) is 10.6. The molecule has 33 heavy (non-hydrogen) atoms. The molecule has 0 aliphatic carbocycles. The molecule has 0 aliphatic heterocycles. The van der Waals surface area contributed by atoms with E-state index >= 15 is 0 Å². The molecule has 2 heterocycles. The first kappa shape index (κ1) is 22.5. The summed E-state index contributed by atoms with van der Waals surface area (Å²) in [5.74, 6) is -0.258. The zero-order valence-electron chi connectivity index (χ0n) is 18.4. The molecule has 4 aromatic rings. The van der Waals surface area contributed by atoms with Crippen molar-refractivity contribution in [3.63, 3.8) is 0 Å². The van der Waals surface area contributed by atoms with Crippen LogP contribution in [0.2, 0.25) is 0 Å². The third kappa shape index (κ3) is 4.60. The number of fused-ring (bicyclic) bond motifs is 1. The van der Waals surface area contributed by atoms with Gasteiger partial charge < -0.3 is 5.32 Å². The largest absolute Gasteiger partial charge is 0.433 e. The van der Waals surface area contributed by atoms with Gasteiger partial charge in [-0.2, -0.15) is 18.3 Å². The van der Waals surface area contributed by atoms with Gasteiger partial charge in [-0.15, -0.1) is 0 Å². The fraction of sp³-hybridized carbons (Fsp3) is 0.240. The van der Waals surface area contributed by atoms with Gasteiger partial charge in [0.15, 0.2) is 11.3 Å². The summed E-state index contributed by atoms with van der Waals surface area (Å²) in [6, 6.07) is 17.1. The topological polar surface area (TPSA) is 59.3 Å². The first-order valence-corrected chi connectivity index (χ1v) is 10.6. The zero-order valence-corrected chi connectivity index (χ0v) is 18.4. The second-order valence-corrected chi connectivity index (χ2v) is 8.20. The van der Waals surface area contributed by atoms with Gasteiger partial charge in [0.1, 0.15) is 5.56 Å². The molecule has 1 amide bonds. The van der Waals surface area contributed by atoms with Crippen molar-refractivity contribution in [1.29, 1.82) is 0 Å². The van der Waals surface area contributed by atoms with Crippen LogP contribution in [0.5, 0.6) is 0 Å². The minimum atomic E-state index is -4.68. The Bertz CT molecular complexity index is 1280. The standard InChI is InChI=1S/C25H23F3N4O/c1-15(2)17-9-11-19(12-10-17)21-13-22(25(26,27)28)32-23(31-21)20(14-29-32)24(33)30-16(3)18-7-5-4-6-8-18/h4-16H,1-3H3,(H,30,33). The average molecular weight is 452 g/mol. The number of hydrogen-bond donors (Lipinski definition) is 1. The molecular formula is C25H23F3N4O. The summed E-state index contributed by atoms with van der Waals surface area (Å²) in [6.07, 6.45) is -3.55. The predicted octanol–water partition coefficient (Wildman–Crippen LogP) is 6.03. The van der Waals surface area contributed by atoms with Crippen LogP contribution in [-0.4, -0.2) is 20.5 Å². The van der Waals surface area contributed by atoms with Crippen molar-refractivity contribution in [2.75, 3.05) is 0 Å². The highest BCUT2D eigenvalue weighted by atomic mass is 19.4. The zero-order chi connectivity index (χ0) is 23.8. The normalized spacial score (nSPS) is 12.8. The van der Waals surface area contributed by atoms with Crippen LogP contribution in [0.15, 0.2) is 66.9 Å². The third-order valence-corrected chi connectivity index (χ3v) is 5.53. The maximum Gasteiger partial charge on any atom is 0.433 e. The van der Waals surface area contributed by atoms with Gasteiger partial charge in [-0.25, -0.2) is 9.50 Å². The van der Waals surface area contributed by atoms with E-state index in [2.05, 4.69) is 15.4 Å². The van der Waals surface area contributed by atoms with E-state index in [0.29, 0.717) is 10.1 Å². The molecule has 2 aromatic carbocycles. The molecular weight excluding hydrogens is 429 g/mol. The Kier molecular flexibility index (Phi) is 5.93. The van der Waals surface area contributed by atoms with Gasteiger partial charge in [0.2, 0.25) is 0 Å². The molecule has 0 saturated heterocycles. The highest BCUT2D eigenvalue weighted by Gasteiger charge is 2.36. The van der Waals surface area contributed by atoms with Gasteiger partial charge in [0, 0.05) is 5.56 Å². The van der Waals surface area contributed by atoms with Crippen LogP contribution in [0.3, 0.4) is 0 Å². The summed E-state index contributed by atoms with van der Waals surface area (Å²) in [5, 5.41) is 6.65. The lowest BCUT2D eigenvalue weighted by atomic mass is 10.0. The smallest absolute Gasteiger partial charge is 0.345 e. The molecule has 8 heteroatoms. The minimum absolute atomic E-state index is 0.0241. The lowest BCUT2D eigenvalue weighted by Gasteiger charge is -2.14. The minimum Gasteiger partial charge on any atom is -0.345 e. The Balaban J connectivity index is 1.77. The highest BCUT2D eigenvalue weighted by Crippen LogP contribution is 2.33. The molecule has 170 valence electrons. The number of halogens is 3. The predicted molar refractivity (Wildman–Crippen MR) is 120 cm³/mol. The van der Waals surface area contributed by atoms with Crippen LogP contribution in [0.25, 0.3) is 16.9 Å². The molecule has 1 unspecified atom stereocenters. The van der Waals surface area contributed by atoms with Crippen molar-refractivity contribution < 1.29 is 18.0 Å². The molecule has 1 N–H and O–H groups in total. The molecule has 0 aliphatic rings. The average Bonchev–Trinajstić information content (AvgIpc) is 3.22. The monoisotopic (exact) mass is 452 g/mol. The number of amides is 1. The van der Waals surface area contributed by atoms with Crippen molar-refractivity contribution in [3.8, 4) is 11.3 Å². The number of nitrogens with one attached hydrogen (secondary N) is 1. The maximum atomic E-state index is 13.8. The molecule has 5 nitrogen and oxygen atoms in total. The molecule has 1 atom stereocenters. The second kappa shape index (κ2) is 8.69. The lowest BCUT2D eigenvalue weighted by Crippen LogP contribution is -2.26. The number of rotatable bonds is 5. The van der Waals surface area contributed by atoms with E-state index in [-0.39, 0.29) is 28.9 Å². The van der Waals surface area contributed by atoms with Crippen LogP contribution in [0.1, 0.15) is 59.9 Å². The van der Waals surface area contributed by atoms with E-state index < -0.39 is 17.8 Å². The van der Waals surface area contributed by atoms with Crippen molar-refractivity contribution in [2.24, 2.45) is 0 Å². The maximum absolute atomic E-state index is 13.8. The Morgan fingerprint density at radius 2 is 1.64 bits per heavy atom. The summed E-state index contributed by atoms with van der Waals surface area (Å²) in [4.78, 5) is 17.3. The number of carbonyl (C=O) groups is 1. The summed E-state index contributed by atoms with van der Waals surface area (Å²) >= 11 is 0. The van der Waals surface area contributed by atoms with E-state index in [0.717, 1.165) is 23.4 Å². The molecule has 0 saturated carbocycles. The number of aromatic nitrogens is 3. The van der Waals surface area contributed by atoms with Gasteiger partial charge in [0.05, 0.1) is 17.9 Å². The first-order chi connectivity index (χ1) is 15.6. The molecule has 4 rings (SSSR count). The Morgan fingerprint density at radius 1 is 0.970 bits per heavy atom. The van der Waals surface area contributed by atoms with Crippen LogP contribution in [0.4, 0.5) is 13.2 Å². The Labute approximate surface area is 189 Å². The van der Waals surface area contributed by atoms with E-state index in [1.165, 1.54) is 0 Å². The van der Waals surface area contributed by atoms with Crippen LogP contribution >= 0.6 is 0 Å². The quantitative estimate of drug-likeness (QED) is 0.402. The molecule has 0 radical (unpaired) electrons. The molecule has 0 fully saturated rings. The number of alkyl halides is 3. The number of benzene rings is 2. The Hall–Kier alpha value is -3.68. The van der Waals surface area contributed by atoms with Crippen molar-refractivity contribution >= 4 is 11.6 Å². The number of hydrogen-bond acceptors (Lipinski definition) is 3. The Morgan fingerprint density at radius 3 is 2.24 bits per heavy atom. The number of nitrogens with zero attached hydrogens (tertiary/aromatic N) is 3. The van der Waals surface area contributed by atoms with Crippen molar-refractivity contribution in [1.82, 2.24) is 19.9 Å². The van der Waals surface area contributed by atoms with Gasteiger partial charge in [0.25, 0.3) is 5.91 Å². The summed E-state index contributed by atoms with van der Waals surface area (Å²) in [5.41, 5.74) is 1.42.